The minimum Gasteiger partial charge on any atom is -0.340 e. The first-order valence-corrected chi connectivity index (χ1v) is 8.61. The van der Waals surface area contributed by atoms with E-state index in [-0.39, 0.29) is 17.7 Å². The van der Waals surface area contributed by atoms with Crippen LogP contribution in [0.15, 0.2) is 54.6 Å². The zero-order valence-electron chi connectivity index (χ0n) is 14.7. The minimum atomic E-state index is -0.586. The molecule has 0 spiro atoms. The number of benzene rings is 2. The van der Waals surface area contributed by atoms with Crippen LogP contribution in [0.1, 0.15) is 29.8 Å². The van der Waals surface area contributed by atoms with Crippen molar-refractivity contribution >= 4 is 23.4 Å². The van der Waals surface area contributed by atoms with Gasteiger partial charge in [-0.1, -0.05) is 55.8 Å². The summed E-state index contributed by atoms with van der Waals surface area (Å²) in [5.74, 6) is -0.417. The van der Waals surface area contributed by atoms with Crippen LogP contribution in [0, 0.1) is 5.92 Å². The summed E-state index contributed by atoms with van der Waals surface area (Å²) < 4.78 is 0. The third kappa shape index (κ3) is 5.33. The molecule has 1 N–H and O–H groups in total. The van der Waals surface area contributed by atoms with Crippen molar-refractivity contribution in [3.05, 3.63) is 70.7 Å². The fraction of sp³-hybridized carbons (Fsp3) is 0.300. The highest BCUT2D eigenvalue weighted by atomic mass is 35.5. The van der Waals surface area contributed by atoms with Crippen molar-refractivity contribution < 1.29 is 9.59 Å². The van der Waals surface area contributed by atoms with Crippen LogP contribution in [0.4, 0.5) is 0 Å². The zero-order valence-corrected chi connectivity index (χ0v) is 15.5. The molecule has 4 nitrogen and oxygen atoms in total. The second kappa shape index (κ2) is 8.67. The van der Waals surface area contributed by atoms with E-state index < -0.39 is 6.04 Å². The fourth-order valence-electron chi connectivity index (χ4n) is 2.51. The molecule has 2 aromatic rings. The quantitative estimate of drug-likeness (QED) is 0.854. The number of amides is 2. The van der Waals surface area contributed by atoms with E-state index >= 15 is 0 Å². The molecule has 0 bridgehead atoms. The second-order valence-electron chi connectivity index (χ2n) is 6.38. The van der Waals surface area contributed by atoms with Crippen molar-refractivity contribution in [2.24, 2.45) is 5.92 Å². The minimum absolute atomic E-state index is 0.0260. The lowest BCUT2D eigenvalue weighted by molar-refractivity contribution is -0.133. The Morgan fingerprint density at radius 1 is 1.04 bits per heavy atom. The van der Waals surface area contributed by atoms with Gasteiger partial charge in [0.15, 0.2) is 0 Å². The Bertz CT molecular complexity index is 714. The molecule has 0 aromatic heterocycles. The Morgan fingerprint density at radius 3 is 2.20 bits per heavy atom. The fourth-order valence-corrected chi connectivity index (χ4v) is 2.64. The van der Waals surface area contributed by atoms with Gasteiger partial charge in [0.1, 0.15) is 6.04 Å². The van der Waals surface area contributed by atoms with Gasteiger partial charge in [-0.2, -0.15) is 0 Å². The van der Waals surface area contributed by atoms with Gasteiger partial charge in [-0.3, -0.25) is 9.59 Å². The van der Waals surface area contributed by atoms with Crippen molar-refractivity contribution in [2.45, 2.75) is 26.4 Å². The van der Waals surface area contributed by atoms with E-state index in [4.69, 9.17) is 11.6 Å². The first-order chi connectivity index (χ1) is 11.9. The van der Waals surface area contributed by atoms with E-state index in [1.807, 2.05) is 44.2 Å². The molecule has 0 aliphatic carbocycles. The van der Waals surface area contributed by atoms with E-state index in [0.29, 0.717) is 17.1 Å². The molecule has 2 rings (SSSR count). The predicted octanol–water partition coefficient (Wildman–Crippen LogP) is 3.75. The maximum atomic E-state index is 12.8. The van der Waals surface area contributed by atoms with Crippen LogP contribution in [0.2, 0.25) is 5.02 Å². The normalized spacial score (nSPS) is 11.9. The number of hydrogen-bond donors (Lipinski definition) is 1. The van der Waals surface area contributed by atoms with Gasteiger partial charge in [0.25, 0.3) is 5.91 Å². The van der Waals surface area contributed by atoms with E-state index in [1.54, 1.807) is 36.2 Å². The van der Waals surface area contributed by atoms with Crippen LogP contribution >= 0.6 is 11.6 Å². The van der Waals surface area contributed by atoms with Gasteiger partial charge in [0.2, 0.25) is 5.91 Å². The molecule has 0 saturated carbocycles. The summed E-state index contributed by atoms with van der Waals surface area (Å²) in [7, 11) is 1.75. The maximum absolute atomic E-state index is 12.8. The molecule has 0 heterocycles. The van der Waals surface area contributed by atoms with E-state index in [0.717, 1.165) is 5.56 Å². The monoisotopic (exact) mass is 358 g/mol. The lowest BCUT2D eigenvalue weighted by atomic mass is 10.0. The number of halogens is 1. The number of nitrogens with zero attached hydrogens (tertiary/aromatic N) is 1. The maximum Gasteiger partial charge on any atom is 0.251 e. The number of likely N-dealkylation sites (N-methyl/N-ethyl adjacent to an activating group) is 1. The molecule has 0 saturated heterocycles. The highest BCUT2D eigenvalue weighted by molar-refractivity contribution is 6.30. The molecular formula is C20H23ClN2O2. The first kappa shape index (κ1) is 19.0. The molecule has 25 heavy (non-hydrogen) atoms. The highest BCUT2D eigenvalue weighted by Gasteiger charge is 2.27. The van der Waals surface area contributed by atoms with Crippen LogP contribution in [0.25, 0.3) is 0 Å². The van der Waals surface area contributed by atoms with Gasteiger partial charge in [-0.05, 0) is 35.7 Å². The molecular weight excluding hydrogens is 336 g/mol. The molecule has 0 aliphatic rings. The number of hydrogen-bond acceptors (Lipinski definition) is 2. The summed E-state index contributed by atoms with van der Waals surface area (Å²) in [6.45, 7) is 4.34. The lowest BCUT2D eigenvalue weighted by Gasteiger charge is -2.27. The zero-order chi connectivity index (χ0) is 18.4. The number of rotatable bonds is 6. The molecule has 132 valence electrons. The topological polar surface area (TPSA) is 49.4 Å². The van der Waals surface area contributed by atoms with Crippen molar-refractivity contribution in [3.63, 3.8) is 0 Å². The Kier molecular flexibility index (Phi) is 6.59. The third-order valence-electron chi connectivity index (χ3n) is 3.96. The van der Waals surface area contributed by atoms with Gasteiger partial charge < -0.3 is 10.2 Å². The molecule has 0 radical (unpaired) electrons. The van der Waals surface area contributed by atoms with E-state index in [2.05, 4.69) is 5.32 Å². The summed E-state index contributed by atoms with van der Waals surface area (Å²) in [6.07, 6.45) is 0. The molecule has 0 fully saturated rings. The Labute approximate surface area is 153 Å². The molecule has 1 unspecified atom stereocenters. The predicted molar refractivity (Wildman–Crippen MR) is 100 cm³/mol. The van der Waals surface area contributed by atoms with Gasteiger partial charge in [-0.15, -0.1) is 0 Å². The molecule has 0 aliphatic heterocycles. The van der Waals surface area contributed by atoms with Crippen LogP contribution in [0.5, 0.6) is 0 Å². The van der Waals surface area contributed by atoms with E-state index in [9.17, 15) is 9.59 Å². The van der Waals surface area contributed by atoms with Crippen molar-refractivity contribution in [1.82, 2.24) is 10.2 Å². The highest BCUT2D eigenvalue weighted by Crippen LogP contribution is 2.12. The molecule has 2 aromatic carbocycles. The van der Waals surface area contributed by atoms with Crippen LogP contribution in [-0.2, 0) is 11.3 Å². The van der Waals surface area contributed by atoms with Crippen LogP contribution in [0.3, 0.4) is 0 Å². The third-order valence-corrected chi connectivity index (χ3v) is 4.22. The second-order valence-corrected chi connectivity index (χ2v) is 6.82. The van der Waals surface area contributed by atoms with Gasteiger partial charge >= 0.3 is 0 Å². The van der Waals surface area contributed by atoms with Crippen molar-refractivity contribution in [1.29, 1.82) is 0 Å². The summed E-state index contributed by atoms with van der Waals surface area (Å²) in [6, 6.07) is 15.8. The summed E-state index contributed by atoms with van der Waals surface area (Å²) in [5.41, 5.74) is 1.53. The smallest absolute Gasteiger partial charge is 0.251 e. The average Bonchev–Trinajstić information content (AvgIpc) is 2.60. The van der Waals surface area contributed by atoms with Crippen LogP contribution < -0.4 is 5.32 Å². The van der Waals surface area contributed by atoms with Gasteiger partial charge in [0.05, 0.1) is 0 Å². The van der Waals surface area contributed by atoms with Gasteiger partial charge in [0, 0.05) is 24.2 Å². The Hall–Kier alpha value is -2.33. The van der Waals surface area contributed by atoms with Gasteiger partial charge in [-0.25, -0.2) is 0 Å². The number of carbonyl (C=O) groups is 2. The summed E-state index contributed by atoms with van der Waals surface area (Å²) >= 11 is 5.85. The first-order valence-electron chi connectivity index (χ1n) is 8.24. The van der Waals surface area contributed by atoms with Crippen molar-refractivity contribution in [3.8, 4) is 0 Å². The Balaban J connectivity index is 2.07. The molecule has 2 amide bonds. The molecule has 1 atom stereocenters. The summed E-state index contributed by atoms with van der Waals surface area (Å²) in [5, 5.41) is 3.41. The average molecular weight is 359 g/mol. The van der Waals surface area contributed by atoms with Crippen molar-refractivity contribution in [2.75, 3.05) is 7.05 Å². The SMILES string of the molecule is CC(C)C(NC(=O)c1ccc(Cl)cc1)C(=O)N(C)Cc1ccccc1. The molecule has 5 heteroatoms. The number of carbonyl (C=O) groups excluding carboxylic acids is 2. The number of nitrogens with one attached hydrogen (secondary N) is 1. The van der Waals surface area contributed by atoms with Crippen LogP contribution in [-0.4, -0.2) is 29.8 Å². The lowest BCUT2D eigenvalue weighted by Crippen LogP contribution is -2.50. The Morgan fingerprint density at radius 2 is 1.64 bits per heavy atom. The standard InChI is InChI=1S/C20H23ClN2O2/c1-14(2)18(22-19(24)16-9-11-17(21)12-10-16)20(25)23(3)13-15-7-5-4-6-8-15/h4-12,14,18H,13H2,1-3H3,(H,22,24). The van der Waals surface area contributed by atoms with E-state index in [1.165, 1.54) is 0 Å². The largest absolute Gasteiger partial charge is 0.340 e. The summed E-state index contributed by atoms with van der Waals surface area (Å²) in [4.78, 5) is 26.9.